The van der Waals surface area contributed by atoms with E-state index >= 15 is 0 Å². The molecule has 0 atom stereocenters. The van der Waals surface area contributed by atoms with Crippen molar-refractivity contribution in [1.82, 2.24) is 10.7 Å². The molecule has 6 heteroatoms. The molecule has 3 N–H and O–H groups in total. The predicted molar refractivity (Wildman–Crippen MR) is 91.3 cm³/mol. The number of methoxy groups -OCH3 is 1. The Labute approximate surface area is 134 Å². The van der Waals surface area contributed by atoms with Crippen molar-refractivity contribution in [1.29, 1.82) is 0 Å². The minimum Gasteiger partial charge on any atom is -0.504 e. The molecular weight excluding hydrogens is 298 g/mol. The maximum Gasteiger partial charge on any atom is 0.187 e. The lowest BCUT2D eigenvalue weighted by Crippen LogP contribution is -2.31. The lowest BCUT2D eigenvalue weighted by atomic mass is 10.2. The number of benzene rings is 2. The van der Waals surface area contributed by atoms with Crippen molar-refractivity contribution < 1.29 is 9.84 Å². The zero-order chi connectivity index (χ0) is 15.8. The van der Waals surface area contributed by atoms with Gasteiger partial charge in [0.05, 0.1) is 13.3 Å². The number of thiocarbonyl (C=S) groups is 1. The van der Waals surface area contributed by atoms with Crippen molar-refractivity contribution >= 4 is 23.5 Å². The Morgan fingerprint density at radius 2 is 2.05 bits per heavy atom. The number of nitrogens with zero attached hydrogens (tertiary/aromatic N) is 1. The first kappa shape index (κ1) is 15.8. The minimum atomic E-state index is 0.0904. The summed E-state index contributed by atoms with van der Waals surface area (Å²) in [6.07, 6.45) is 1.60. The Kier molecular flexibility index (Phi) is 5.73. The molecule has 2 rings (SSSR count). The highest BCUT2D eigenvalue weighted by molar-refractivity contribution is 7.80. The van der Waals surface area contributed by atoms with E-state index in [-0.39, 0.29) is 5.75 Å². The number of ether oxygens (including phenoxy) is 1. The minimum absolute atomic E-state index is 0.0904. The number of hydrogen-bond acceptors (Lipinski definition) is 4. The van der Waals surface area contributed by atoms with Gasteiger partial charge in [-0.15, -0.1) is 0 Å². The molecule has 22 heavy (non-hydrogen) atoms. The molecule has 0 fully saturated rings. The molecule has 114 valence electrons. The highest BCUT2D eigenvalue weighted by Gasteiger charge is 2.00. The smallest absolute Gasteiger partial charge is 0.187 e. The first-order valence-electron chi connectivity index (χ1n) is 6.67. The van der Waals surface area contributed by atoms with E-state index in [0.717, 1.165) is 11.1 Å². The molecule has 5 nitrogen and oxygen atoms in total. The van der Waals surface area contributed by atoms with Gasteiger partial charge in [-0.25, -0.2) is 0 Å². The zero-order valence-corrected chi connectivity index (χ0v) is 12.9. The van der Waals surface area contributed by atoms with Crippen LogP contribution in [0, 0.1) is 0 Å². The number of hydrogen-bond donors (Lipinski definition) is 3. The zero-order valence-electron chi connectivity index (χ0n) is 12.1. The van der Waals surface area contributed by atoms with Gasteiger partial charge in [-0.1, -0.05) is 30.3 Å². The number of hydrazone groups is 1. The summed E-state index contributed by atoms with van der Waals surface area (Å²) in [5, 5.41) is 17.0. The topological polar surface area (TPSA) is 65.9 Å². The number of rotatable bonds is 5. The molecule has 0 spiro atoms. The van der Waals surface area contributed by atoms with Gasteiger partial charge in [0.25, 0.3) is 0 Å². The van der Waals surface area contributed by atoms with Crippen molar-refractivity contribution in [3.05, 3.63) is 59.7 Å². The van der Waals surface area contributed by atoms with Crippen LogP contribution in [0.5, 0.6) is 11.5 Å². The third-order valence-corrected chi connectivity index (χ3v) is 3.12. The highest BCUT2D eigenvalue weighted by Crippen LogP contribution is 2.25. The van der Waals surface area contributed by atoms with Crippen LogP contribution in [0.4, 0.5) is 0 Å². The summed E-state index contributed by atoms with van der Waals surface area (Å²) in [7, 11) is 1.50. The third kappa shape index (κ3) is 4.75. The monoisotopic (exact) mass is 315 g/mol. The summed E-state index contributed by atoms with van der Waals surface area (Å²) in [5.41, 5.74) is 4.66. The Bertz CT molecular complexity index is 660. The Morgan fingerprint density at radius 1 is 1.27 bits per heavy atom. The molecule has 0 amide bonds. The predicted octanol–water partition coefficient (Wildman–Crippen LogP) is 2.40. The molecule has 0 aliphatic heterocycles. The van der Waals surface area contributed by atoms with Crippen LogP contribution in [-0.2, 0) is 6.54 Å². The number of phenols is 1. The van der Waals surface area contributed by atoms with Gasteiger partial charge in [0.1, 0.15) is 0 Å². The van der Waals surface area contributed by atoms with Gasteiger partial charge in [0.2, 0.25) is 0 Å². The maximum absolute atomic E-state index is 9.51. The second kappa shape index (κ2) is 7.99. The summed E-state index contributed by atoms with van der Waals surface area (Å²) < 4.78 is 5.03. The molecule has 0 saturated carbocycles. The van der Waals surface area contributed by atoms with Crippen molar-refractivity contribution in [3.63, 3.8) is 0 Å². The SMILES string of the molecule is COc1cc(/C=N/NC(=S)NCc2ccccc2)ccc1O. The van der Waals surface area contributed by atoms with E-state index in [4.69, 9.17) is 17.0 Å². The summed E-state index contributed by atoms with van der Waals surface area (Å²) >= 11 is 5.14. The van der Waals surface area contributed by atoms with Gasteiger partial charge in [-0.05, 0) is 41.5 Å². The van der Waals surface area contributed by atoms with E-state index in [2.05, 4.69) is 15.8 Å². The van der Waals surface area contributed by atoms with E-state index in [1.54, 1.807) is 24.4 Å². The first-order valence-corrected chi connectivity index (χ1v) is 7.07. The average molecular weight is 315 g/mol. The lowest BCUT2D eigenvalue weighted by molar-refractivity contribution is 0.373. The van der Waals surface area contributed by atoms with E-state index in [1.165, 1.54) is 7.11 Å². The summed E-state index contributed by atoms with van der Waals surface area (Å²) in [4.78, 5) is 0. The Morgan fingerprint density at radius 3 is 2.77 bits per heavy atom. The molecule has 0 aliphatic carbocycles. The fourth-order valence-corrected chi connectivity index (χ4v) is 1.88. The summed E-state index contributed by atoms with van der Waals surface area (Å²) in [6.45, 7) is 0.634. The number of nitrogens with one attached hydrogen (secondary N) is 2. The Balaban J connectivity index is 1.83. The second-order valence-electron chi connectivity index (χ2n) is 4.47. The third-order valence-electron chi connectivity index (χ3n) is 2.88. The molecule has 0 unspecified atom stereocenters. The molecular formula is C16H17N3O2S. The second-order valence-corrected chi connectivity index (χ2v) is 4.88. The van der Waals surface area contributed by atoms with Crippen molar-refractivity contribution in [2.45, 2.75) is 6.54 Å². The number of phenolic OH excluding ortho intramolecular Hbond substituents is 1. The van der Waals surface area contributed by atoms with E-state index < -0.39 is 0 Å². The standard InChI is InChI=1S/C16H17N3O2S/c1-21-15-9-13(7-8-14(15)20)11-18-19-16(22)17-10-12-5-3-2-4-6-12/h2-9,11,20H,10H2,1H3,(H2,17,19,22)/b18-11+. The van der Waals surface area contributed by atoms with Gasteiger partial charge in [-0.3, -0.25) is 5.43 Å². The van der Waals surface area contributed by atoms with Crippen molar-refractivity contribution in [2.75, 3.05) is 7.11 Å². The molecule has 0 heterocycles. The van der Waals surface area contributed by atoms with E-state index in [1.807, 2.05) is 30.3 Å². The molecule has 2 aromatic carbocycles. The molecule has 0 aromatic heterocycles. The maximum atomic E-state index is 9.51. The van der Waals surface area contributed by atoms with Crippen LogP contribution in [0.2, 0.25) is 0 Å². The van der Waals surface area contributed by atoms with Crippen LogP contribution in [0.15, 0.2) is 53.6 Å². The fraction of sp³-hybridized carbons (Fsp3) is 0.125. The van der Waals surface area contributed by atoms with Crippen LogP contribution in [-0.4, -0.2) is 23.5 Å². The fourth-order valence-electron chi connectivity index (χ4n) is 1.76. The van der Waals surface area contributed by atoms with Crippen molar-refractivity contribution in [2.24, 2.45) is 5.10 Å². The van der Waals surface area contributed by atoms with Gasteiger partial charge in [0, 0.05) is 6.54 Å². The van der Waals surface area contributed by atoms with E-state index in [0.29, 0.717) is 17.4 Å². The lowest BCUT2D eigenvalue weighted by Gasteiger charge is -2.07. The Hall–Kier alpha value is -2.60. The highest BCUT2D eigenvalue weighted by atomic mass is 32.1. The van der Waals surface area contributed by atoms with Gasteiger partial charge >= 0.3 is 0 Å². The van der Waals surface area contributed by atoms with Crippen LogP contribution < -0.4 is 15.5 Å². The molecule has 0 bridgehead atoms. The molecule has 0 saturated heterocycles. The molecule has 0 radical (unpaired) electrons. The average Bonchev–Trinajstić information content (AvgIpc) is 2.55. The number of aromatic hydroxyl groups is 1. The van der Waals surface area contributed by atoms with Gasteiger partial charge in [-0.2, -0.15) is 5.10 Å². The molecule has 0 aliphatic rings. The van der Waals surface area contributed by atoms with Crippen LogP contribution in [0.25, 0.3) is 0 Å². The van der Waals surface area contributed by atoms with Gasteiger partial charge in [0.15, 0.2) is 16.6 Å². The van der Waals surface area contributed by atoms with E-state index in [9.17, 15) is 5.11 Å². The summed E-state index contributed by atoms with van der Waals surface area (Å²) in [5.74, 6) is 0.487. The van der Waals surface area contributed by atoms with Gasteiger partial charge < -0.3 is 15.2 Å². The molecule has 2 aromatic rings. The van der Waals surface area contributed by atoms with Crippen LogP contribution in [0.1, 0.15) is 11.1 Å². The quantitative estimate of drug-likeness (QED) is 0.449. The first-order chi connectivity index (χ1) is 10.7. The largest absolute Gasteiger partial charge is 0.504 e. The van der Waals surface area contributed by atoms with Crippen LogP contribution >= 0.6 is 12.2 Å². The van der Waals surface area contributed by atoms with Crippen molar-refractivity contribution in [3.8, 4) is 11.5 Å². The summed E-state index contributed by atoms with van der Waals surface area (Å²) in [6, 6.07) is 14.9. The normalized spacial score (nSPS) is 10.4. The van der Waals surface area contributed by atoms with Crippen LogP contribution in [0.3, 0.4) is 0 Å².